The molecule has 1 aliphatic heterocycles. The van der Waals surface area contributed by atoms with Crippen LogP contribution in [-0.4, -0.2) is 31.9 Å². The minimum Gasteiger partial charge on any atom is -0.348 e. The van der Waals surface area contributed by atoms with Crippen LogP contribution in [0.1, 0.15) is 16.8 Å². The molecule has 0 spiro atoms. The zero-order valence-electron chi connectivity index (χ0n) is 9.32. The summed E-state index contributed by atoms with van der Waals surface area (Å²) in [5.74, 6) is -1.24. The summed E-state index contributed by atoms with van der Waals surface area (Å²) in [5, 5.41) is 2.54. The second kappa shape index (κ2) is 4.97. The van der Waals surface area contributed by atoms with E-state index in [0.29, 0.717) is 6.42 Å². The van der Waals surface area contributed by atoms with Crippen LogP contribution in [0.25, 0.3) is 0 Å². The van der Waals surface area contributed by atoms with E-state index in [-0.39, 0.29) is 21.5 Å². The number of hydrogen-bond acceptors (Lipinski definition) is 3. The van der Waals surface area contributed by atoms with Crippen LogP contribution in [0.5, 0.6) is 0 Å². The molecule has 1 N–H and O–H groups in total. The van der Waals surface area contributed by atoms with Crippen molar-refractivity contribution in [1.82, 2.24) is 5.32 Å². The molecule has 1 aliphatic rings. The van der Waals surface area contributed by atoms with Crippen molar-refractivity contribution in [2.45, 2.75) is 12.5 Å². The van der Waals surface area contributed by atoms with Gasteiger partial charge in [-0.15, -0.1) is 0 Å². The summed E-state index contributed by atoms with van der Waals surface area (Å²) in [6.45, 7) is 0. The monoisotopic (exact) mass is 335 g/mol. The van der Waals surface area contributed by atoms with E-state index in [0.717, 1.165) is 0 Å². The normalized spacial score (nSPS) is 21.8. The molecule has 0 radical (unpaired) electrons. The molecule has 0 bridgehead atoms. The molecule has 1 atom stereocenters. The van der Waals surface area contributed by atoms with Gasteiger partial charge in [0.15, 0.2) is 9.84 Å². The van der Waals surface area contributed by atoms with E-state index >= 15 is 0 Å². The highest BCUT2D eigenvalue weighted by atomic mass is 79.9. The van der Waals surface area contributed by atoms with Crippen molar-refractivity contribution in [1.29, 1.82) is 0 Å². The Labute approximate surface area is 113 Å². The van der Waals surface area contributed by atoms with Gasteiger partial charge in [0.25, 0.3) is 5.91 Å². The fraction of sp³-hybridized carbons (Fsp3) is 0.364. The highest BCUT2D eigenvalue weighted by Crippen LogP contribution is 2.19. The maximum absolute atomic E-state index is 13.7. The molecule has 1 amide bonds. The fourth-order valence-corrected chi connectivity index (χ4v) is 3.89. The second-order valence-corrected chi connectivity index (χ2v) is 7.26. The summed E-state index contributed by atoms with van der Waals surface area (Å²) >= 11 is 2.99. The minimum absolute atomic E-state index is 0.0684. The summed E-state index contributed by atoms with van der Waals surface area (Å²) in [7, 11) is -3.06. The maximum Gasteiger partial charge on any atom is 0.254 e. The smallest absolute Gasteiger partial charge is 0.254 e. The maximum atomic E-state index is 13.7. The van der Waals surface area contributed by atoms with E-state index in [1.165, 1.54) is 12.1 Å². The number of amides is 1. The number of carbonyl (C=O) groups is 1. The van der Waals surface area contributed by atoms with Gasteiger partial charge in [0, 0.05) is 6.04 Å². The lowest BCUT2D eigenvalue weighted by Crippen LogP contribution is -2.36. The molecule has 1 heterocycles. The first-order chi connectivity index (χ1) is 8.39. The van der Waals surface area contributed by atoms with Gasteiger partial charge >= 0.3 is 0 Å². The summed E-state index contributed by atoms with van der Waals surface area (Å²) in [5.41, 5.74) is -0.0892. The van der Waals surface area contributed by atoms with Crippen LogP contribution in [-0.2, 0) is 9.84 Å². The van der Waals surface area contributed by atoms with Gasteiger partial charge in [-0.05, 0) is 34.5 Å². The Balaban J connectivity index is 2.11. The molecule has 1 unspecified atom stereocenters. The van der Waals surface area contributed by atoms with Gasteiger partial charge in [0.05, 0.1) is 21.5 Å². The SMILES string of the molecule is O=C(NC1CCS(=O)(=O)C1)c1cccc(Br)c1F. The average molecular weight is 336 g/mol. The molecule has 0 aromatic heterocycles. The molecule has 1 aromatic rings. The molecular weight excluding hydrogens is 325 g/mol. The third-order valence-electron chi connectivity index (χ3n) is 2.76. The van der Waals surface area contributed by atoms with E-state index in [9.17, 15) is 17.6 Å². The number of halogens is 2. The van der Waals surface area contributed by atoms with Crippen molar-refractivity contribution in [3.8, 4) is 0 Å². The standard InChI is InChI=1S/C11H11BrFNO3S/c12-9-3-1-2-8(10(9)13)11(15)14-7-4-5-18(16,17)6-7/h1-3,7H,4-6H2,(H,14,15). The van der Waals surface area contributed by atoms with Gasteiger partial charge in [-0.2, -0.15) is 0 Å². The first kappa shape index (κ1) is 13.5. The third kappa shape index (κ3) is 2.89. The summed E-state index contributed by atoms with van der Waals surface area (Å²) in [6.07, 6.45) is 0.379. The van der Waals surface area contributed by atoms with E-state index in [2.05, 4.69) is 21.2 Å². The number of sulfone groups is 1. The van der Waals surface area contributed by atoms with Crippen molar-refractivity contribution >= 4 is 31.7 Å². The molecule has 1 aromatic carbocycles. The number of rotatable bonds is 2. The van der Waals surface area contributed by atoms with Gasteiger partial charge in [-0.1, -0.05) is 6.07 Å². The van der Waals surface area contributed by atoms with Crippen molar-refractivity contribution < 1.29 is 17.6 Å². The Morgan fingerprint density at radius 2 is 2.17 bits per heavy atom. The number of carbonyl (C=O) groups excluding carboxylic acids is 1. The number of benzene rings is 1. The lowest BCUT2D eigenvalue weighted by Gasteiger charge is -2.11. The molecule has 7 heteroatoms. The number of hydrogen-bond donors (Lipinski definition) is 1. The predicted octanol–water partition coefficient (Wildman–Crippen LogP) is 1.51. The molecule has 1 fully saturated rings. The van der Waals surface area contributed by atoms with Crippen molar-refractivity contribution in [3.05, 3.63) is 34.1 Å². The molecule has 1 saturated heterocycles. The van der Waals surface area contributed by atoms with E-state index in [4.69, 9.17) is 0 Å². The topological polar surface area (TPSA) is 63.2 Å². The van der Waals surface area contributed by atoms with E-state index in [1.54, 1.807) is 6.07 Å². The van der Waals surface area contributed by atoms with Gasteiger partial charge in [0.2, 0.25) is 0 Å². The predicted molar refractivity (Wildman–Crippen MR) is 68.6 cm³/mol. The Kier molecular flexibility index (Phi) is 3.72. The molecule has 0 saturated carbocycles. The van der Waals surface area contributed by atoms with Crippen LogP contribution in [0, 0.1) is 5.82 Å². The molecule has 4 nitrogen and oxygen atoms in total. The fourth-order valence-electron chi connectivity index (χ4n) is 1.85. The van der Waals surface area contributed by atoms with Gasteiger partial charge in [-0.25, -0.2) is 12.8 Å². The summed E-state index contributed by atoms with van der Waals surface area (Å²) < 4.78 is 36.3. The van der Waals surface area contributed by atoms with Crippen molar-refractivity contribution in [3.63, 3.8) is 0 Å². The Bertz CT molecular complexity index is 588. The highest BCUT2D eigenvalue weighted by Gasteiger charge is 2.29. The zero-order valence-corrected chi connectivity index (χ0v) is 11.7. The quantitative estimate of drug-likeness (QED) is 0.890. The largest absolute Gasteiger partial charge is 0.348 e. The van der Waals surface area contributed by atoms with Crippen LogP contribution in [0.4, 0.5) is 4.39 Å². The van der Waals surface area contributed by atoms with Crippen molar-refractivity contribution in [2.24, 2.45) is 0 Å². The Morgan fingerprint density at radius 3 is 2.78 bits per heavy atom. The first-order valence-electron chi connectivity index (χ1n) is 5.34. The van der Waals surface area contributed by atoms with Crippen LogP contribution in [0.2, 0.25) is 0 Å². The highest BCUT2D eigenvalue weighted by molar-refractivity contribution is 9.10. The lowest BCUT2D eigenvalue weighted by molar-refractivity contribution is 0.0937. The van der Waals surface area contributed by atoms with Gasteiger partial charge in [0.1, 0.15) is 5.82 Å². The number of nitrogens with one attached hydrogen (secondary N) is 1. The average Bonchev–Trinajstić information content (AvgIpc) is 2.62. The zero-order chi connectivity index (χ0) is 13.3. The summed E-state index contributed by atoms with van der Waals surface area (Å²) in [4.78, 5) is 11.8. The molecular formula is C11H11BrFNO3S. The molecule has 98 valence electrons. The van der Waals surface area contributed by atoms with Crippen molar-refractivity contribution in [2.75, 3.05) is 11.5 Å². The van der Waals surface area contributed by atoms with Gasteiger partial charge < -0.3 is 5.32 Å². The van der Waals surface area contributed by atoms with Crippen LogP contribution in [0.15, 0.2) is 22.7 Å². The summed E-state index contributed by atoms with van der Waals surface area (Å²) in [6, 6.07) is 3.97. The second-order valence-electron chi connectivity index (χ2n) is 4.17. The van der Waals surface area contributed by atoms with E-state index < -0.39 is 27.6 Å². The Hall–Kier alpha value is -0.950. The minimum atomic E-state index is -3.06. The van der Waals surface area contributed by atoms with Crippen LogP contribution >= 0.6 is 15.9 Å². The van der Waals surface area contributed by atoms with E-state index in [1.807, 2.05) is 0 Å². The molecule has 18 heavy (non-hydrogen) atoms. The third-order valence-corrected chi connectivity index (χ3v) is 5.14. The molecule has 0 aliphatic carbocycles. The Morgan fingerprint density at radius 1 is 1.44 bits per heavy atom. The first-order valence-corrected chi connectivity index (χ1v) is 7.96. The van der Waals surface area contributed by atoms with Crippen LogP contribution in [0.3, 0.4) is 0 Å². The van der Waals surface area contributed by atoms with Crippen LogP contribution < -0.4 is 5.32 Å². The molecule has 2 rings (SSSR count). The van der Waals surface area contributed by atoms with Gasteiger partial charge in [-0.3, -0.25) is 4.79 Å². The lowest BCUT2D eigenvalue weighted by atomic mass is 10.1.